The number of hydrogen-bond acceptors (Lipinski definition) is 2. The van der Waals surface area contributed by atoms with E-state index in [9.17, 15) is 0 Å². The molecular formula is C20H30O2Si. The Bertz CT molecular complexity index is 588. The molecule has 0 saturated heterocycles. The minimum atomic E-state index is -2.16. The third-order valence-corrected chi connectivity index (χ3v) is 7.96. The topological polar surface area (TPSA) is 18.5 Å². The Balaban J connectivity index is 2.11. The van der Waals surface area contributed by atoms with Gasteiger partial charge in [0.05, 0.1) is 0 Å². The standard InChI is InChI=1S/C20H30O2Si/c1-4-7-8-11-17-21-23(5-2,6-3)22-20-16-12-14-18-13-9-10-15-19(18)20/h9-10,12-16H,4-8,11,17H2,1-3H3. The van der Waals surface area contributed by atoms with Gasteiger partial charge < -0.3 is 8.85 Å². The SMILES string of the molecule is CCCCCCO[Si](CC)(CC)Oc1cccc2ccccc12. The van der Waals surface area contributed by atoms with Crippen LogP contribution in [0.5, 0.6) is 5.75 Å². The van der Waals surface area contributed by atoms with E-state index in [1.54, 1.807) is 0 Å². The van der Waals surface area contributed by atoms with Crippen molar-refractivity contribution in [1.82, 2.24) is 0 Å². The summed E-state index contributed by atoms with van der Waals surface area (Å²) in [6, 6.07) is 16.7. The van der Waals surface area contributed by atoms with Crippen molar-refractivity contribution >= 4 is 19.3 Å². The number of rotatable bonds is 10. The molecule has 0 unspecified atom stereocenters. The molecule has 0 bridgehead atoms. The molecule has 0 heterocycles. The van der Waals surface area contributed by atoms with Crippen LogP contribution in [0.2, 0.25) is 12.1 Å². The van der Waals surface area contributed by atoms with E-state index in [0.717, 1.165) is 30.9 Å². The molecular weight excluding hydrogens is 300 g/mol. The minimum absolute atomic E-state index is 0.832. The second-order valence-electron chi connectivity index (χ2n) is 6.11. The first-order valence-corrected chi connectivity index (χ1v) is 11.3. The highest BCUT2D eigenvalue weighted by Gasteiger charge is 2.36. The molecule has 0 amide bonds. The van der Waals surface area contributed by atoms with Gasteiger partial charge in [0.15, 0.2) is 0 Å². The highest BCUT2D eigenvalue weighted by molar-refractivity contribution is 6.68. The Hall–Kier alpha value is -1.32. The summed E-state index contributed by atoms with van der Waals surface area (Å²) in [5.41, 5.74) is 0. The summed E-state index contributed by atoms with van der Waals surface area (Å²) in [6.07, 6.45) is 4.95. The van der Waals surface area contributed by atoms with Gasteiger partial charge in [-0.3, -0.25) is 0 Å². The van der Waals surface area contributed by atoms with Gasteiger partial charge in [0.1, 0.15) is 5.75 Å². The normalized spacial score (nSPS) is 11.8. The fourth-order valence-electron chi connectivity index (χ4n) is 2.90. The van der Waals surface area contributed by atoms with Gasteiger partial charge in [-0.2, -0.15) is 0 Å². The van der Waals surface area contributed by atoms with Gasteiger partial charge in [0.2, 0.25) is 0 Å². The Morgan fingerprint density at radius 3 is 2.30 bits per heavy atom. The fraction of sp³-hybridized carbons (Fsp3) is 0.500. The van der Waals surface area contributed by atoms with Crippen molar-refractivity contribution in [2.75, 3.05) is 6.61 Å². The van der Waals surface area contributed by atoms with Crippen LogP contribution in [0.15, 0.2) is 42.5 Å². The molecule has 0 N–H and O–H groups in total. The van der Waals surface area contributed by atoms with Gasteiger partial charge in [-0.1, -0.05) is 76.4 Å². The van der Waals surface area contributed by atoms with E-state index in [-0.39, 0.29) is 0 Å². The van der Waals surface area contributed by atoms with Crippen LogP contribution in [0.1, 0.15) is 46.5 Å². The van der Waals surface area contributed by atoms with Crippen LogP contribution in [0.25, 0.3) is 10.8 Å². The lowest BCUT2D eigenvalue weighted by atomic mass is 10.1. The van der Waals surface area contributed by atoms with Crippen molar-refractivity contribution in [3.05, 3.63) is 42.5 Å². The Morgan fingerprint density at radius 2 is 1.57 bits per heavy atom. The molecule has 0 aliphatic carbocycles. The molecule has 0 aliphatic heterocycles. The van der Waals surface area contributed by atoms with Gasteiger partial charge in [-0.25, -0.2) is 0 Å². The molecule has 2 aromatic carbocycles. The van der Waals surface area contributed by atoms with Crippen LogP contribution in [0.4, 0.5) is 0 Å². The zero-order valence-electron chi connectivity index (χ0n) is 14.8. The Morgan fingerprint density at radius 1 is 0.826 bits per heavy atom. The lowest BCUT2D eigenvalue weighted by Crippen LogP contribution is -2.44. The van der Waals surface area contributed by atoms with Crippen LogP contribution in [0, 0.1) is 0 Å². The lowest BCUT2D eigenvalue weighted by Gasteiger charge is -2.30. The van der Waals surface area contributed by atoms with E-state index in [1.165, 1.54) is 30.0 Å². The van der Waals surface area contributed by atoms with E-state index in [2.05, 4.69) is 63.2 Å². The lowest BCUT2D eigenvalue weighted by molar-refractivity contribution is 0.231. The molecule has 0 saturated carbocycles. The van der Waals surface area contributed by atoms with E-state index in [0.29, 0.717) is 0 Å². The molecule has 0 radical (unpaired) electrons. The van der Waals surface area contributed by atoms with Crippen molar-refractivity contribution < 1.29 is 8.85 Å². The number of unbranched alkanes of at least 4 members (excludes halogenated alkanes) is 3. The zero-order valence-corrected chi connectivity index (χ0v) is 15.8. The van der Waals surface area contributed by atoms with Crippen LogP contribution in [0.3, 0.4) is 0 Å². The van der Waals surface area contributed by atoms with Gasteiger partial charge in [0.25, 0.3) is 0 Å². The predicted octanol–water partition coefficient (Wildman–Crippen LogP) is 6.30. The highest BCUT2D eigenvalue weighted by atomic mass is 28.4. The van der Waals surface area contributed by atoms with Crippen molar-refractivity contribution in [3.8, 4) is 5.75 Å². The van der Waals surface area contributed by atoms with Crippen molar-refractivity contribution in [2.24, 2.45) is 0 Å². The summed E-state index contributed by atoms with van der Waals surface area (Å²) in [6.45, 7) is 7.47. The summed E-state index contributed by atoms with van der Waals surface area (Å²) in [5, 5.41) is 2.41. The average molecular weight is 331 g/mol. The largest absolute Gasteiger partial charge is 0.520 e. The number of hydrogen-bond donors (Lipinski definition) is 0. The van der Waals surface area contributed by atoms with Gasteiger partial charge in [0, 0.05) is 12.0 Å². The number of benzene rings is 2. The molecule has 126 valence electrons. The summed E-state index contributed by atoms with van der Waals surface area (Å²) in [5.74, 6) is 0.979. The molecule has 2 aromatic rings. The molecule has 3 heteroatoms. The van der Waals surface area contributed by atoms with Crippen LogP contribution < -0.4 is 4.43 Å². The van der Waals surface area contributed by atoms with Crippen molar-refractivity contribution in [3.63, 3.8) is 0 Å². The van der Waals surface area contributed by atoms with Crippen molar-refractivity contribution in [2.45, 2.75) is 58.5 Å². The van der Waals surface area contributed by atoms with E-state index in [1.807, 2.05) is 0 Å². The third kappa shape index (κ3) is 4.82. The number of fused-ring (bicyclic) bond motifs is 1. The molecule has 0 atom stereocenters. The fourth-order valence-corrected chi connectivity index (χ4v) is 5.25. The molecule has 2 rings (SSSR count). The third-order valence-electron chi connectivity index (χ3n) is 4.49. The van der Waals surface area contributed by atoms with Crippen molar-refractivity contribution in [1.29, 1.82) is 0 Å². The quantitative estimate of drug-likeness (QED) is 0.376. The average Bonchev–Trinajstić information content (AvgIpc) is 2.61. The molecule has 0 fully saturated rings. The maximum absolute atomic E-state index is 6.54. The first-order valence-electron chi connectivity index (χ1n) is 9.05. The minimum Gasteiger partial charge on any atom is -0.520 e. The maximum atomic E-state index is 6.54. The second-order valence-corrected chi connectivity index (χ2v) is 9.83. The highest BCUT2D eigenvalue weighted by Crippen LogP contribution is 2.30. The summed E-state index contributed by atoms with van der Waals surface area (Å²) in [7, 11) is -2.16. The van der Waals surface area contributed by atoms with Crippen LogP contribution in [-0.2, 0) is 4.43 Å². The molecule has 2 nitrogen and oxygen atoms in total. The summed E-state index contributed by atoms with van der Waals surface area (Å²) < 4.78 is 12.9. The maximum Gasteiger partial charge on any atom is 0.398 e. The summed E-state index contributed by atoms with van der Waals surface area (Å²) in [4.78, 5) is 0. The summed E-state index contributed by atoms with van der Waals surface area (Å²) >= 11 is 0. The van der Waals surface area contributed by atoms with E-state index < -0.39 is 8.56 Å². The first kappa shape index (κ1) is 18.0. The molecule has 0 spiro atoms. The molecule has 0 aromatic heterocycles. The first-order chi connectivity index (χ1) is 11.2. The molecule has 0 aliphatic rings. The molecule has 23 heavy (non-hydrogen) atoms. The van der Waals surface area contributed by atoms with E-state index in [4.69, 9.17) is 8.85 Å². The Kier molecular flexibility index (Phi) is 7.12. The second kappa shape index (κ2) is 9.09. The van der Waals surface area contributed by atoms with Crippen LogP contribution >= 0.6 is 0 Å². The predicted molar refractivity (Wildman–Crippen MR) is 101 cm³/mol. The van der Waals surface area contributed by atoms with E-state index >= 15 is 0 Å². The Labute approximate surface area is 142 Å². The zero-order chi connectivity index (χ0) is 16.5. The van der Waals surface area contributed by atoms with Crippen LogP contribution in [-0.4, -0.2) is 15.2 Å². The monoisotopic (exact) mass is 330 g/mol. The smallest absolute Gasteiger partial charge is 0.398 e. The van der Waals surface area contributed by atoms with Gasteiger partial charge >= 0.3 is 8.56 Å². The van der Waals surface area contributed by atoms with Gasteiger partial charge in [-0.05, 0) is 30.0 Å². The van der Waals surface area contributed by atoms with Gasteiger partial charge in [-0.15, -0.1) is 0 Å².